The number of ketones is 1. The zero-order valence-corrected chi connectivity index (χ0v) is 17.7. The van der Waals surface area contributed by atoms with Crippen molar-refractivity contribution in [3.8, 4) is 0 Å². The Hall–Kier alpha value is -3.24. The molecule has 1 aliphatic rings. The minimum Gasteiger partial charge on any atom is -0.465 e. The summed E-state index contributed by atoms with van der Waals surface area (Å²) in [5.74, 6) is -0.865. The number of carbonyl (C=O) groups excluding carboxylic acids is 2. The van der Waals surface area contributed by atoms with Crippen LogP contribution in [0.1, 0.15) is 43.0 Å². The fourth-order valence-electron chi connectivity index (χ4n) is 3.76. The van der Waals surface area contributed by atoms with E-state index in [0.29, 0.717) is 28.7 Å². The van der Waals surface area contributed by atoms with Crippen LogP contribution in [0, 0.1) is 5.82 Å². The van der Waals surface area contributed by atoms with E-state index in [1.807, 2.05) is 24.3 Å². The van der Waals surface area contributed by atoms with Crippen LogP contribution < -0.4 is 0 Å². The maximum Gasteiger partial charge on any atom is 0.337 e. The molecule has 4 rings (SSSR count). The second-order valence-corrected chi connectivity index (χ2v) is 7.94. The van der Waals surface area contributed by atoms with Crippen LogP contribution in [0.25, 0.3) is 6.08 Å². The molecular weight excluding hydrogens is 415 g/mol. The highest BCUT2D eigenvalue weighted by molar-refractivity contribution is 6.30. The minimum absolute atomic E-state index is 0.0182. The number of hydrogen-bond acceptors (Lipinski definition) is 3. The van der Waals surface area contributed by atoms with E-state index in [1.54, 1.807) is 24.3 Å². The molecule has 0 aliphatic heterocycles. The summed E-state index contributed by atoms with van der Waals surface area (Å²) >= 11 is 5.74. The Morgan fingerprint density at radius 2 is 1.74 bits per heavy atom. The Morgan fingerprint density at radius 1 is 1.03 bits per heavy atom. The summed E-state index contributed by atoms with van der Waals surface area (Å²) in [5, 5.41) is 0.0627. The summed E-state index contributed by atoms with van der Waals surface area (Å²) in [5.41, 5.74) is 5.75. The van der Waals surface area contributed by atoms with E-state index in [2.05, 4.69) is 6.07 Å². The van der Waals surface area contributed by atoms with Crippen LogP contribution in [0.3, 0.4) is 0 Å². The van der Waals surface area contributed by atoms with Crippen molar-refractivity contribution in [3.05, 3.63) is 110 Å². The first-order chi connectivity index (χ1) is 14.9. The molecule has 3 aromatic carbocycles. The lowest BCUT2D eigenvalue weighted by molar-refractivity contribution is 0.0600. The van der Waals surface area contributed by atoms with Gasteiger partial charge in [-0.3, -0.25) is 4.79 Å². The fraction of sp³-hybridized carbons (Fsp3) is 0.154. The number of benzene rings is 3. The van der Waals surface area contributed by atoms with E-state index in [9.17, 15) is 14.0 Å². The van der Waals surface area contributed by atoms with Crippen molar-refractivity contribution >= 4 is 29.4 Å². The molecule has 3 aromatic rings. The standard InChI is InChI=1S/C26H20ClFO3/c1-31-26(30)19-8-4-16(5-9-19)2-3-17-6-10-22-20(12-17)15-21(25(22)29)13-18-7-11-23(27)24(28)14-18/h4-14H,2-3,15H2,1H3/b21-13+. The Balaban J connectivity index is 1.46. The quantitative estimate of drug-likeness (QED) is 0.372. The molecule has 0 amide bonds. The molecule has 0 bridgehead atoms. The maximum absolute atomic E-state index is 13.7. The smallest absolute Gasteiger partial charge is 0.337 e. The van der Waals surface area contributed by atoms with E-state index in [1.165, 1.54) is 19.2 Å². The number of aryl methyl sites for hydroxylation is 2. The molecule has 0 atom stereocenters. The van der Waals surface area contributed by atoms with Crippen molar-refractivity contribution in [1.29, 1.82) is 0 Å². The fourth-order valence-corrected chi connectivity index (χ4v) is 3.88. The van der Waals surface area contributed by atoms with Gasteiger partial charge >= 0.3 is 5.97 Å². The molecule has 3 nitrogen and oxygen atoms in total. The molecule has 156 valence electrons. The molecule has 0 heterocycles. The topological polar surface area (TPSA) is 43.4 Å². The van der Waals surface area contributed by atoms with Crippen molar-refractivity contribution in [2.45, 2.75) is 19.3 Å². The third-order valence-electron chi connectivity index (χ3n) is 5.45. The van der Waals surface area contributed by atoms with E-state index in [-0.39, 0.29) is 16.8 Å². The summed E-state index contributed by atoms with van der Waals surface area (Å²) in [7, 11) is 1.36. The van der Waals surface area contributed by atoms with Crippen LogP contribution in [0.4, 0.5) is 4.39 Å². The van der Waals surface area contributed by atoms with Crippen molar-refractivity contribution in [3.63, 3.8) is 0 Å². The number of Topliss-reactive ketones (excluding diaryl/α,β-unsaturated/α-hetero) is 1. The Bertz CT molecular complexity index is 1200. The minimum atomic E-state index is -0.499. The van der Waals surface area contributed by atoms with Gasteiger partial charge in [0.05, 0.1) is 17.7 Å². The molecule has 0 unspecified atom stereocenters. The number of fused-ring (bicyclic) bond motifs is 1. The van der Waals surface area contributed by atoms with Crippen LogP contribution >= 0.6 is 11.6 Å². The zero-order valence-electron chi connectivity index (χ0n) is 17.0. The Kier molecular flexibility index (Phi) is 6.01. The number of esters is 1. The van der Waals surface area contributed by atoms with Gasteiger partial charge in [0.2, 0.25) is 0 Å². The van der Waals surface area contributed by atoms with Crippen LogP contribution in [-0.4, -0.2) is 18.9 Å². The molecule has 0 aromatic heterocycles. The lowest BCUT2D eigenvalue weighted by Gasteiger charge is -2.06. The van der Waals surface area contributed by atoms with Crippen molar-refractivity contribution in [2.75, 3.05) is 7.11 Å². The summed E-state index contributed by atoms with van der Waals surface area (Å²) in [6, 6.07) is 17.8. The zero-order chi connectivity index (χ0) is 22.0. The molecule has 0 radical (unpaired) electrons. The maximum atomic E-state index is 13.7. The van der Waals surface area contributed by atoms with Gasteiger partial charge in [-0.2, -0.15) is 0 Å². The largest absolute Gasteiger partial charge is 0.465 e. The van der Waals surface area contributed by atoms with Crippen molar-refractivity contribution in [2.24, 2.45) is 0 Å². The lowest BCUT2D eigenvalue weighted by Crippen LogP contribution is -2.01. The third kappa shape index (κ3) is 4.59. The van der Waals surface area contributed by atoms with E-state index < -0.39 is 5.82 Å². The first-order valence-electron chi connectivity index (χ1n) is 9.94. The molecule has 0 saturated heterocycles. The van der Waals surface area contributed by atoms with Crippen LogP contribution in [0.2, 0.25) is 5.02 Å². The van der Waals surface area contributed by atoms with Gasteiger partial charge in [-0.15, -0.1) is 0 Å². The van der Waals surface area contributed by atoms with Gasteiger partial charge in [-0.1, -0.05) is 48.0 Å². The van der Waals surface area contributed by atoms with Crippen LogP contribution in [0.15, 0.2) is 66.2 Å². The van der Waals surface area contributed by atoms with Crippen LogP contribution in [0.5, 0.6) is 0 Å². The molecule has 0 saturated carbocycles. The number of ether oxygens (including phenoxy) is 1. The summed E-state index contributed by atoms with van der Waals surface area (Å²) < 4.78 is 18.4. The lowest BCUT2D eigenvalue weighted by atomic mass is 10.00. The van der Waals surface area contributed by atoms with Gasteiger partial charge < -0.3 is 4.74 Å². The van der Waals surface area contributed by atoms with Crippen molar-refractivity contribution < 1.29 is 18.7 Å². The molecule has 1 aliphatic carbocycles. The van der Waals surface area contributed by atoms with E-state index in [0.717, 1.165) is 29.5 Å². The van der Waals surface area contributed by atoms with Gasteiger partial charge in [0, 0.05) is 17.6 Å². The Morgan fingerprint density at radius 3 is 2.45 bits per heavy atom. The predicted molar refractivity (Wildman–Crippen MR) is 119 cm³/mol. The molecule has 31 heavy (non-hydrogen) atoms. The highest BCUT2D eigenvalue weighted by Gasteiger charge is 2.25. The Labute approximate surface area is 185 Å². The first-order valence-corrected chi connectivity index (χ1v) is 10.3. The summed E-state index contributed by atoms with van der Waals surface area (Å²) in [4.78, 5) is 24.3. The van der Waals surface area contributed by atoms with Gasteiger partial charge in [0.25, 0.3) is 0 Å². The van der Waals surface area contributed by atoms with Gasteiger partial charge in [-0.25, -0.2) is 9.18 Å². The summed E-state index contributed by atoms with van der Waals surface area (Å²) in [6.45, 7) is 0. The monoisotopic (exact) mass is 434 g/mol. The van der Waals surface area contributed by atoms with Gasteiger partial charge in [0.1, 0.15) is 5.82 Å². The van der Waals surface area contributed by atoms with Gasteiger partial charge in [0.15, 0.2) is 5.78 Å². The highest BCUT2D eigenvalue weighted by Crippen LogP contribution is 2.29. The number of hydrogen-bond donors (Lipinski definition) is 0. The summed E-state index contributed by atoms with van der Waals surface area (Å²) in [6.07, 6.45) is 3.89. The molecule has 0 spiro atoms. The average Bonchev–Trinajstić information content (AvgIpc) is 3.09. The second-order valence-electron chi connectivity index (χ2n) is 7.53. The number of allylic oxidation sites excluding steroid dienone is 1. The molecule has 5 heteroatoms. The number of rotatable bonds is 5. The van der Waals surface area contributed by atoms with Crippen molar-refractivity contribution in [1.82, 2.24) is 0 Å². The molecule has 0 N–H and O–H groups in total. The van der Waals surface area contributed by atoms with Crippen LogP contribution in [-0.2, 0) is 24.0 Å². The normalized spacial score (nSPS) is 14.0. The van der Waals surface area contributed by atoms with E-state index in [4.69, 9.17) is 16.3 Å². The molecular formula is C26H20ClFO3. The van der Waals surface area contributed by atoms with Gasteiger partial charge in [-0.05, 0) is 65.4 Å². The first kappa shape index (κ1) is 21.0. The third-order valence-corrected chi connectivity index (χ3v) is 5.76. The second kappa shape index (κ2) is 8.86. The number of halogens is 2. The number of methoxy groups -OCH3 is 1. The number of carbonyl (C=O) groups is 2. The average molecular weight is 435 g/mol. The predicted octanol–water partition coefficient (Wildman–Crippen LogP) is 5.87. The highest BCUT2D eigenvalue weighted by atomic mass is 35.5. The molecule has 0 fully saturated rings. The SMILES string of the molecule is COC(=O)c1ccc(CCc2ccc3c(c2)C/C(=C\c2ccc(Cl)c(F)c2)C3=O)cc1. The van der Waals surface area contributed by atoms with E-state index >= 15 is 0 Å².